The average molecular weight is 340 g/mol. The SMILES string of the molecule is O=c1ccnc(CCCc2nccc(=O)n2Cc2ccccc2F)[nH]1. The summed E-state index contributed by atoms with van der Waals surface area (Å²) < 4.78 is 15.3. The van der Waals surface area contributed by atoms with Crippen LogP contribution in [0.4, 0.5) is 4.39 Å². The predicted molar refractivity (Wildman–Crippen MR) is 90.9 cm³/mol. The summed E-state index contributed by atoms with van der Waals surface area (Å²) in [4.78, 5) is 34.5. The Morgan fingerprint density at radius 2 is 1.80 bits per heavy atom. The number of rotatable bonds is 6. The zero-order chi connectivity index (χ0) is 17.6. The summed E-state index contributed by atoms with van der Waals surface area (Å²) in [5, 5.41) is 0. The van der Waals surface area contributed by atoms with E-state index in [0.717, 1.165) is 0 Å². The first kappa shape index (κ1) is 16.8. The largest absolute Gasteiger partial charge is 0.311 e. The van der Waals surface area contributed by atoms with E-state index in [0.29, 0.717) is 36.5 Å². The number of hydrogen-bond acceptors (Lipinski definition) is 4. The molecule has 0 aliphatic carbocycles. The van der Waals surface area contributed by atoms with E-state index in [-0.39, 0.29) is 23.5 Å². The lowest BCUT2D eigenvalue weighted by Crippen LogP contribution is -2.25. The van der Waals surface area contributed by atoms with Gasteiger partial charge in [0.2, 0.25) is 0 Å². The Bertz CT molecular complexity index is 981. The Balaban J connectivity index is 1.75. The summed E-state index contributed by atoms with van der Waals surface area (Å²) in [6, 6.07) is 9.08. The van der Waals surface area contributed by atoms with Crippen LogP contribution in [0.1, 0.15) is 23.6 Å². The molecular formula is C18H17FN4O2. The third-order valence-corrected chi connectivity index (χ3v) is 3.84. The van der Waals surface area contributed by atoms with E-state index >= 15 is 0 Å². The molecule has 0 bridgehead atoms. The molecule has 0 radical (unpaired) electrons. The van der Waals surface area contributed by atoms with Crippen LogP contribution in [0.2, 0.25) is 0 Å². The van der Waals surface area contributed by atoms with Crippen LogP contribution in [0.15, 0.2) is 58.4 Å². The minimum Gasteiger partial charge on any atom is -0.311 e. The summed E-state index contributed by atoms with van der Waals surface area (Å²) in [6.45, 7) is 0.134. The standard InChI is InChI=1S/C18H17FN4O2/c19-14-5-2-1-4-13(14)12-23-16(21-11-9-18(23)25)7-3-6-15-20-10-8-17(24)22-15/h1-2,4-5,8-11H,3,6-7,12H2,(H,20,22,24). The molecule has 0 aliphatic heterocycles. The van der Waals surface area contributed by atoms with Crippen molar-refractivity contribution >= 4 is 0 Å². The monoisotopic (exact) mass is 340 g/mol. The third kappa shape index (κ3) is 4.26. The first-order chi connectivity index (χ1) is 12.1. The minimum absolute atomic E-state index is 0.134. The molecule has 128 valence electrons. The van der Waals surface area contributed by atoms with Crippen molar-refractivity contribution in [3.05, 3.63) is 92.5 Å². The zero-order valence-corrected chi connectivity index (χ0v) is 13.5. The van der Waals surface area contributed by atoms with Crippen molar-refractivity contribution in [2.75, 3.05) is 0 Å². The van der Waals surface area contributed by atoms with Gasteiger partial charge in [-0.15, -0.1) is 0 Å². The lowest BCUT2D eigenvalue weighted by molar-refractivity contribution is 0.579. The maximum absolute atomic E-state index is 13.9. The van der Waals surface area contributed by atoms with Gasteiger partial charge in [-0.3, -0.25) is 14.2 Å². The van der Waals surface area contributed by atoms with E-state index in [9.17, 15) is 14.0 Å². The Morgan fingerprint density at radius 1 is 1.00 bits per heavy atom. The Hall–Kier alpha value is -3.09. The van der Waals surface area contributed by atoms with Gasteiger partial charge in [-0.25, -0.2) is 14.4 Å². The molecule has 3 aromatic rings. The fourth-order valence-corrected chi connectivity index (χ4v) is 2.59. The molecule has 0 aliphatic rings. The number of nitrogens with one attached hydrogen (secondary N) is 1. The summed E-state index contributed by atoms with van der Waals surface area (Å²) in [5.41, 5.74) is 0.0201. The van der Waals surface area contributed by atoms with Crippen LogP contribution < -0.4 is 11.1 Å². The molecule has 1 aromatic carbocycles. The molecule has 0 saturated heterocycles. The summed E-state index contributed by atoms with van der Waals surface area (Å²) >= 11 is 0. The highest BCUT2D eigenvalue weighted by Gasteiger charge is 2.09. The zero-order valence-electron chi connectivity index (χ0n) is 13.5. The molecule has 0 spiro atoms. The molecule has 0 atom stereocenters. The molecule has 0 amide bonds. The molecular weight excluding hydrogens is 323 g/mol. The molecule has 1 N–H and O–H groups in total. The van der Waals surface area contributed by atoms with Crippen LogP contribution in [0, 0.1) is 5.82 Å². The smallest absolute Gasteiger partial charge is 0.253 e. The Labute approximate surface area is 143 Å². The van der Waals surface area contributed by atoms with Crippen LogP contribution in [0.25, 0.3) is 0 Å². The van der Waals surface area contributed by atoms with E-state index < -0.39 is 0 Å². The average Bonchev–Trinajstić information content (AvgIpc) is 2.59. The first-order valence-electron chi connectivity index (χ1n) is 7.96. The minimum atomic E-state index is -0.352. The maximum Gasteiger partial charge on any atom is 0.253 e. The second-order valence-corrected chi connectivity index (χ2v) is 5.61. The van der Waals surface area contributed by atoms with Gasteiger partial charge in [-0.1, -0.05) is 18.2 Å². The number of halogens is 1. The lowest BCUT2D eigenvalue weighted by Gasteiger charge is -2.12. The second kappa shape index (κ2) is 7.65. The van der Waals surface area contributed by atoms with Gasteiger partial charge in [0.25, 0.3) is 11.1 Å². The number of aryl methyl sites for hydroxylation is 2. The summed E-state index contributed by atoms with van der Waals surface area (Å²) in [7, 11) is 0. The van der Waals surface area contributed by atoms with Gasteiger partial charge >= 0.3 is 0 Å². The number of aromatic amines is 1. The maximum atomic E-state index is 13.9. The molecule has 0 unspecified atom stereocenters. The van der Waals surface area contributed by atoms with Gasteiger partial charge in [0.15, 0.2) is 0 Å². The van der Waals surface area contributed by atoms with Gasteiger partial charge in [-0.2, -0.15) is 0 Å². The fraction of sp³-hybridized carbons (Fsp3) is 0.222. The molecule has 2 heterocycles. The lowest BCUT2D eigenvalue weighted by atomic mass is 10.2. The van der Waals surface area contributed by atoms with Crippen LogP contribution in [-0.4, -0.2) is 19.5 Å². The third-order valence-electron chi connectivity index (χ3n) is 3.84. The van der Waals surface area contributed by atoms with Crippen LogP contribution >= 0.6 is 0 Å². The van der Waals surface area contributed by atoms with Crippen molar-refractivity contribution < 1.29 is 4.39 Å². The normalized spacial score (nSPS) is 10.8. The summed E-state index contributed by atoms with van der Waals surface area (Å²) in [5.74, 6) is 0.815. The number of benzene rings is 1. The van der Waals surface area contributed by atoms with Gasteiger partial charge in [0, 0.05) is 42.9 Å². The van der Waals surface area contributed by atoms with Crippen molar-refractivity contribution in [2.45, 2.75) is 25.8 Å². The molecule has 0 fully saturated rings. The summed E-state index contributed by atoms with van der Waals surface area (Å²) in [6.07, 6.45) is 4.64. The van der Waals surface area contributed by atoms with E-state index in [2.05, 4.69) is 15.0 Å². The number of hydrogen-bond donors (Lipinski definition) is 1. The number of H-pyrrole nitrogens is 1. The van der Waals surface area contributed by atoms with Gasteiger partial charge in [0.1, 0.15) is 17.5 Å². The van der Waals surface area contributed by atoms with E-state index in [1.807, 2.05) is 0 Å². The highest BCUT2D eigenvalue weighted by molar-refractivity contribution is 5.18. The quantitative estimate of drug-likeness (QED) is 0.740. The van der Waals surface area contributed by atoms with Crippen LogP contribution in [0.3, 0.4) is 0 Å². The van der Waals surface area contributed by atoms with E-state index in [4.69, 9.17) is 0 Å². The van der Waals surface area contributed by atoms with Gasteiger partial charge in [0.05, 0.1) is 6.54 Å². The molecule has 2 aromatic heterocycles. The van der Waals surface area contributed by atoms with Crippen molar-refractivity contribution in [3.63, 3.8) is 0 Å². The first-order valence-corrected chi connectivity index (χ1v) is 7.96. The van der Waals surface area contributed by atoms with Crippen molar-refractivity contribution in [1.82, 2.24) is 19.5 Å². The van der Waals surface area contributed by atoms with Crippen molar-refractivity contribution in [2.24, 2.45) is 0 Å². The Kier molecular flexibility index (Phi) is 5.13. The molecule has 6 nitrogen and oxygen atoms in total. The predicted octanol–water partition coefficient (Wildman–Crippen LogP) is 1.69. The number of nitrogens with zero attached hydrogens (tertiary/aromatic N) is 3. The molecule has 25 heavy (non-hydrogen) atoms. The van der Waals surface area contributed by atoms with Crippen LogP contribution in [0.5, 0.6) is 0 Å². The highest BCUT2D eigenvalue weighted by atomic mass is 19.1. The van der Waals surface area contributed by atoms with Crippen LogP contribution in [-0.2, 0) is 19.4 Å². The number of aromatic nitrogens is 4. The van der Waals surface area contributed by atoms with E-state index in [1.54, 1.807) is 18.2 Å². The van der Waals surface area contributed by atoms with E-state index in [1.165, 1.54) is 35.2 Å². The topological polar surface area (TPSA) is 80.6 Å². The van der Waals surface area contributed by atoms with Crippen molar-refractivity contribution in [1.29, 1.82) is 0 Å². The highest BCUT2D eigenvalue weighted by Crippen LogP contribution is 2.09. The van der Waals surface area contributed by atoms with Gasteiger partial charge < -0.3 is 4.98 Å². The molecule has 7 heteroatoms. The molecule has 0 saturated carbocycles. The fourth-order valence-electron chi connectivity index (χ4n) is 2.59. The van der Waals surface area contributed by atoms with Crippen molar-refractivity contribution in [3.8, 4) is 0 Å². The molecule has 3 rings (SSSR count). The van der Waals surface area contributed by atoms with Gasteiger partial charge in [-0.05, 0) is 12.5 Å². The second-order valence-electron chi connectivity index (χ2n) is 5.61. The Morgan fingerprint density at radius 3 is 2.60 bits per heavy atom.